The van der Waals surface area contributed by atoms with Crippen molar-refractivity contribution < 1.29 is 5.11 Å². The van der Waals surface area contributed by atoms with Gasteiger partial charge in [-0.1, -0.05) is 23.8 Å². The van der Waals surface area contributed by atoms with Crippen LogP contribution >= 0.6 is 0 Å². The van der Waals surface area contributed by atoms with Gasteiger partial charge in [-0.15, -0.1) is 6.58 Å². The molecular weight excluding hydrogens is 148 g/mol. The Morgan fingerprint density at radius 2 is 2.08 bits per heavy atom. The van der Waals surface area contributed by atoms with Crippen LogP contribution in [0.2, 0.25) is 0 Å². The molecule has 0 amide bonds. The predicted molar refractivity (Wildman–Crippen MR) is 54.0 cm³/mol. The number of aliphatic hydroxyl groups is 1. The third-order valence-electron chi connectivity index (χ3n) is 1.83. The Bertz CT molecular complexity index is 199. The van der Waals surface area contributed by atoms with Crippen molar-refractivity contribution in [2.24, 2.45) is 0 Å². The molecule has 0 unspecified atom stereocenters. The summed E-state index contributed by atoms with van der Waals surface area (Å²) in [6.07, 6.45) is 5.99. The summed E-state index contributed by atoms with van der Waals surface area (Å²) >= 11 is 0. The molecule has 0 saturated carbocycles. The lowest BCUT2D eigenvalue weighted by molar-refractivity contribution is 0.214. The molecule has 0 spiro atoms. The van der Waals surface area contributed by atoms with Crippen LogP contribution in [0.25, 0.3) is 0 Å². The highest BCUT2D eigenvalue weighted by atomic mass is 16.3. The van der Waals surface area contributed by atoms with Gasteiger partial charge < -0.3 is 5.11 Å². The first-order chi connectivity index (χ1) is 5.61. The molecule has 1 heteroatoms. The van der Waals surface area contributed by atoms with E-state index in [-0.39, 0.29) is 6.10 Å². The lowest BCUT2D eigenvalue weighted by Gasteiger charge is -2.08. The Morgan fingerprint density at radius 3 is 2.50 bits per heavy atom. The highest BCUT2D eigenvalue weighted by Gasteiger charge is 2.02. The van der Waals surface area contributed by atoms with Crippen molar-refractivity contribution in [2.75, 3.05) is 0 Å². The van der Waals surface area contributed by atoms with Crippen molar-refractivity contribution in [2.45, 2.75) is 33.3 Å². The fraction of sp³-hybridized carbons (Fsp3) is 0.455. The van der Waals surface area contributed by atoms with E-state index in [1.54, 1.807) is 6.08 Å². The molecular formula is C11H18O. The van der Waals surface area contributed by atoms with E-state index >= 15 is 0 Å². The van der Waals surface area contributed by atoms with Gasteiger partial charge >= 0.3 is 0 Å². The summed E-state index contributed by atoms with van der Waals surface area (Å²) in [4.78, 5) is 0. The first kappa shape index (κ1) is 11.2. The SMILES string of the molecule is C=CC[C@H](O)/C(C)=C/C(C)=C/C. The van der Waals surface area contributed by atoms with E-state index in [9.17, 15) is 5.11 Å². The maximum atomic E-state index is 9.50. The van der Waals surface area contributed by atoms with Crippen LogP contribution in [0.5, 0.6) is 0 Å². The zero-order valence-corrected chi connectivity index (χ0v) is 8.17. The summed E-state index contributed by atoms with van der Waals surface area (Å²) in [5.41, 5.74) is 2.17. The van der Waals surface area contributed by atoms with Crippen LogP contribution in [0.4, 0.5) is 0 Å². The molecule has 0 aliphatic rings. The fourth-order valence-electron chi connectivity index (χ4n) is 0.882. The van der Waals surface area contributed by atoms with Crippen molar-refractivity contribution in [3.05, 3.63) is 36.0 Å². The highest BCUT2D eigenvalue weighted by Crippen LogP contribution is 2.09. The molecule has 0 aromatic carbocycles. The molecule has 0 saturated heterocycles. The molecule has 1 N–H and O–H groups in total. The van der Waals surface area contributed by atoms with E-state index in [1.165, 1.54) is 5.57 Å². The van der Waals surface area contributed by atoms with E-state index in [0.717, 1.165) is 5.57 Å². The van der Waals surface area contributed by atoms with E-state index < -0.39 is 0 Å². The number of hydrogen-bond donors (Lipinski definition) is 1. The van der Waals surface area contributed by atoms with Crippen LogP contribution in [-0.4, -0.2) is 11.2 Å². The number of hydrogen-bond acceptors (Lipinski definition) is 1. The molecule has 68 valence electrons. The first-order valence-electron chi connectivity index (χ1n) is 4.21. The molecule has 1 nitrogen and oxygen atoms in total. The standard InChI is InChI=1S/C11H18O/c1-5-7-11(12)10(4)8-9(3)6-2/h5-6,8,11-12H,1,7H2,2-4H3/b9-6+,10-8+/t11-/m0/s1. The van der Waals surface area contributed by atoms with Gasteiger partial charge in [0.25, 0.3) is 0 Å². The first-order valence-corrected chi connectivity index (χ1v) is 4.21. The van der Waals surface area contributed by atoms with E-state index in [2.05, 4.69) is 6.58 Å². The number of rotatable bonds is 4. The lowest BCUT2D eigenvalue weighted by atomic mass is 10.1. The van der Waals surface area contributed by atoms with Gasteiger partial charge in [-0.25, -0.2) is 0 Å². The summed E-state index contributed by atoms with van der Waals surface area (Å²) in [6, 6.07) is 0. The van der Waals surface area contributed by atoms with Crippen LogP contribution in [0.3, 0.4) is 0 Å². The molecule has 0 heterocycles. The van der Waals surface area contributed by atoms with Crippen molar-refractivity contribution in [1.29, 1.82) is 0 Å². The maximum absolute atomic E-state index is 9.50. The Hall–Kier alpha value is -0.820. The zero-order chi connectivity index (χ0) is 9.56. The van der Waals surface area contributed by atoms with E-state index in [1.807, 2.05) is 32.9 Å². The molecule has 0 fully saturated rings. The smallest absolute Gasteiger partial charge is 0.0784 e. The molecule has 0 radical (unpaired) electrons. The monoisotopic (exact) mass is 166 g/mol. The largest absolute Gasteiger partial charge is 0.388 e. The molecule has 1 atom stereocenters. The Balaban J connectivity index is 4.25. The van der Waals surface area contributed by atoms with Gasteiger partial charge in [0, 0.05) is 0 Å². The third-order valence-corrected chi connectivity index (χ3v) is 1.83. The van der Waals surface area contributed by atoms with E-state index in [4.69, 9.17) is 0 Å². The summed E-state index contributed by atoms with van der Waals surface area (Å²) in [7, 11) is 0. The maximum Gasteiger partial charge on any atom is 0.0784 e. The van der Waals surface area contributed by atoms with Crippen molar-refractivity contribution >= 4 is 0 Å². The molecule has 0 bridgehead atoms. The lowest BCUT2D eigenvalue weighted by Crippen LogP contribution is -2.06. The van der Waals surface area contributed by atoms with Crippen LogP contribution < -0.4 is 0 Å². The normalized spacial score (nSPS) is 16.0. The predicted octanol–water partition coefficient (Wildman–Crippen LogP) is 2.84. The minimum absolute atomic E-state index is 0.377. The van der Waals surface area contributed by atoms with Gasteiger partial charge in [0.2, 0.25) is 0 Å². The topological polar surface area (TPSA) is 20.2 Å². The van der Waals surface area contributed by atoms with Crippen molar-refractivity contribution in [3.8, 4) is 0 Å². The minimum atomic E-state index is -0.377. The molecule has 0 aliphatic heterocycles. The van der Waals surface area contributed by atoms with Crippen LogP contribution in [0.15, 0.2) is 36.0 Å². The van der Waals surface area contributed by atoms with Gasteiger partial charge in [-0.2, -0.15) is 0 Å². The van der Waals surface area contributed by atoms with Crippen LogP contribution in [0, 0.1) is 0 Å². The molecule has 0 aromatic heterocycles. The summed E-state index contributed by atoms with van der Waals surface area (Å²) in [5.74, 6) is 0. The third kappa shape index (κ3) is 4.14. The second-order valence-electron chi connectivity index (χ2n) is 2.96. The number of aliphatic hydroxyl groups excluding tert-OH is 1. The zero-order valence-electron chi connectivity index (χ0n) is 8.17. The molecule has 0 rings (SSSR count). The van der Waals surface area contributed by atoms with Gasteiger partial charge in [0.05, 0.1) is 6.10 Å². The van der Waals surface area contributed by atoms with E-state index in [0.29, 0.717) is 6.42 Å². The average molecular weight is 166 g/mol. The fourth-order valence-corrected chi connectivity index (χ4v) is 0.882. The van der Waals surface area contributed by atoms with Gasteiger partial charge in [0.15, 0.2) is 0 Å². The Kier molecular flexibility index (Phi) is 5.39. The highest BCUT2D eigenvalue weighted by molar-refractivity contribution is 5.22. The number of allylic oxidation sites excluding steroid dienone is 3. The van der Waals surface area contributed by atoms with Crippen molar-refractivity contribution in [1.82, 2.24) is 0 Å². The summed E-state index contributed by atoms with van der Waals surface area (Å²) < 4.78 is 0. The summed E-state index contributed by atoms with van der Waals surface area (Å²) in [5, 5.41) is 9.50. The second kappa shape index (κ2) is 5.78. The van der Waals surface area contributed by atoms with Crippen molar-refractivity contribution in [3.63, 3.8) is 0 Å². The minimum Gasteiger partial charge on any atom is -0.388 e. The molecule has 0 aliphatic carbocycles. The average Bonchev–Trinajstić information content (AvgIpc) is 2.04. The molecule has 12 heavy (non-hydrogen) atoms. The Morgan fingerprint density at radius 1 is 1.50 bits per heavy atom. The van der Waals surface area contributed by atoms with Crippen LogP contribution in [-0.2, 0) is 0 Å². The van der Waals surface area contributed by atoms with Gasteiger partial charge in [-0.3, -0.25) is 0 Å². The summed E-state index contributed by atoms with van der Waals surface area (Å²) in [6.45, 7) is 9.52. The molecule has 0 aromatic rings. The second-order valence-corrected chi connectivity index (χ2v) is 2.96. The Labute approximate surface area is 75.1 Å². The van der Waals surface area contributed by atoms with Gasteiger partial charge in [0.1, 0.15) is 0 Å². The quantitative estimate of drug-likeness (QED) is 0.503. The van der Waals surface area contributed by atoms with Gasteiger partial charge in [-0.05, 0) is 32.8 Å². The van der Waals surface area contributed by atoms with Crippen LogP contribution in [0.1, 0.15) is 27.2 Å².